The molecule has 0 aliphatic carbocycles. The van der Waals surface area contributed by atoms with Crippen molar-refractivity contribution in [1.29, 1.82) is 0 Å². The SMILES string of the molecule is CC/C=C\C/C=C\C/C=C\C/C=C\C/C=C\C/C=C\C/C=C\C/C=C\CCCCC(=O)NC(CO)C(O)CCCCCCC. The lowest BCUT2D eigenvalue weighted by atomic mass is 10.0. The summed E-state index contributed by atoms with van der Waals surface area (Å²) in [5.41, 5.74) is 0. The molecule has 0 spiro atoms. The molecule has 0 radical (unpaired) electrons. The number of rotatable bonds is 29. The van der Waals surface area contributed by atoms with Gasteiger partial charge in [0.25, 0.3) is 0 Å². The van der Waals surface area contributed by atoms with Gasteiger partial charge < -0.3 is 15.5 Å². The van der Waals surface area contributed by atoms with Crippen molar-refractivity contribution in [2.75, 3.05) is 6.61 Å². The predicted octanol–water partition coefficient (Wildman–Crippen LogP) is 10.3. The number of hydrogen-bond acceptors (Lipinski definition) is 3. The minimum Gasteiger partial charge on any atom is -0.394 e. The number of allylic oxidation sites excluding steroid dienone is 16. The molecule has 3 N–H and O–H groups in total. The third kappa shape index (κ3) is 30.8. The predicted molar refractivity (Wildman–Crippen MR) is 193 cm³/mol. The van der Waals surface area contributed by atoms with E-state index in [2.05, 4.69) is 116 Å². The second-order valence-electron chi connectivity index (χ2n) is 11.2. The van der Waals surface area contributed by atoms with Crippen LogP contribution in [0.15, 0.2) is 97.2 Å². The average molecular weight is 608 g/mol. The monoisotopic (exact) mass is 607 g/mol. The Morgan fingerprint density at radius 1 is 0.568 bits per heavy atom. The Morgan fingerprint density at radius 3 is 1.43 bits per heavy atom. The van der Waals surface area contributed by atoms with Crippen LogP contribution in [0.4, 0.5) is 0 Å². The van der Waals surface area contributed by atoms with Gasteiger partial charge >= 0.3 is 0 Å². The molecule has 0 aromatic carbocycles. The van der Waals surface area contributed by atoms with Crippen LogP contribution in [-0.2, 0) is 4.79 Å². The highest BCUT2D eigenvalue weighted by molar-refractivity contribution is 5.76. The van der Waals surface area contributed by atoms with E-state index < -0.39 is 12.1 Å². The zero-order valence-electron chi connectivity index (χ0n) is 28.1. The molecular weight excluding hydrogens is 542 g/mol. The van der Waals surface area contributed by atoms with Crippen LogP contribution in [0.1, 0.15) is 129 Å². The second kappa shape index (κ2) is 34.8. The molecule has 1 amide bonds. The van der Waals surface area contributed by atoms with Crippen LogP contribution in [-0.4, -0.2) is 34.9 Å². The highest BCUT2D eigenvalue weighted by Crippen LogP contribution is 2.10. The van der Waals surface area contributed by atoms with Crippen LogP contribution in [0.25, 0.3) is 0 Å². The molecule has 0 heterocycles. The summed E-state index contributed by atoms with van der Waals surface area (Å²) in [6.45, 7) is 4.11. The molecule has 0 bridgehead atoms. The number of carbonyl (C=O) groups is 1. The van der Waals surface area contributed by atoms with Crippen LogP contribution in [0.5, 0.6) is 0 Å². The van der Waals surface area contributed by atoms with E-state index in [0.29, 0.717) is 12.8 Å². The summed E-state index contributed by atoms with van der Waals surface area (Å²) in [5.74, 6) is -0.0876. The molecule has 0 saturated carbocycles. The first kappa shape index (κ1) is 41.3. The van der Waals surface area contributed by atoms with Gasteiger partial charge in [-0.05, 0) is 77.0 Å². The van der Waals surface area contributed by atoms with Gasteiger partial charge in [0.15, 0.2) is 0 Å². The average Bonchev–Trinajstić information content (AvgIpc) is 3.03. The van der Waals surface area contributed by atoms with Gasteiger partial charge in [-0.1, -0.05) is 143 Å². The lowest BCUT2D eigenvalue weighted by Gasteiger charge is -2.22. The number of aliphatic hydroxyl groups excluding tert-OH is 2. The van der Waals surface area contributed by atoms with E-state index in [4.69, 9.17) is 0 Å². The van der Waals surface area contributed by atoms with E-state index in [0.717, 1.165) is 83.5 Å². The molecule has 248 valence electrons. The molecule has 0 aromatic rings. The summed E-state index contributed by atoms with van der Waals surface area (Å²) in [6, 6.07) is -0.562. The Labute approximate surface area is 271 Å². The van der Waals surface area contributed by atoms with Gasteiger partial charge in [0.05, 0.1) is 18.8 Å². The van der Waals surface area contributed by atoms with Crippen LogP contribution in [0.2, 0.25) is 0 Å². The number of amides is 1. The fourth-order valence-electron chi connectivity index (χ4n) is 4.43. The number of hydrogen-bond donors (Lipinski definition) is 3. The third-order valence-electron chi connectivity index (χ3n) is 7.11. The van der Waals surface area contributed by atoms with Crippen molar-refractivity contribution in [1.82, 2.24) is 5.32 Å². The maximum absolute atomic E-state index is 12.2. The van der Waals surface area contributed by atoms with Crippen molar-refractivity contribution in [2.24, 2.45) is 0 Å². The maximum atomic E-state index is 12.2. The van der Waals surface area contributed by atoms with Gasteiger partial charge in [-0.15, -0.1) is 0 Å². The number of nitrogens with one attached hydrogen (secondary N) is 1. The summed E-state index contributed by atoms with van der Waals surface area (Å²) in [6.07, 6.45) is 52.0. The zero-order chi connectivity index (χ0) is 32.2. The molecule has 4 heteroatoms. The molecule has 2 unspecified atom stereocenters. The van der Waals surface area contributed by atoms with Gasteiger partial charge in [0, 0.05) is 6.42 Å². The highest BCUT2D eigenvalue weighted by atomic mass is 16.3. The van der Waals surface area contributed by atoms with Crippen molar-refractivity contribution in [3.05, 3.63) is 97.2 Å². The topological polar surface area (TPSA) is 69.6 Å². The number of unbranched alkanes of at least 4 members (excludes halogenated alkanes) is 6. The lowest BCUT2D eigenvalue weighted by molar-refractivity contribution is -0.123. The Bertz CT molecular complexity index is 875. The minimum absolute atomic E-state index is 0.0876. The summed E-state index contributed by atoms with van der Waals surface area (Å²) in [5, 5.41) is 22.7. The van der Waals surface area contributed by atoms with Crippen molar-refractivity contribution in [3.8, 4) is 0 Å². The van der Waals surface area contributed by atoms with Gasteiger partial charge in [-0.25, -0.2) is 0 Å². The fourth-order valence-corrected chi connectivity index (χ4v) is 4.43. The van der Waals surface area contributed by atoms with Gasteiger partial charge in [0.2, 0.25) is 5.91 Å². The Morgan fingerprint density at radius 2 is 1.00 bits per heavy atom. The first-order valence-corrected chi connectivity index (χ1v) is 17.4. The Balaban J connectivity index is 3.73. The van der Waals surface area contributed by atoms with Crippen LogP contribution >= 0.6 is 0 Å². The van der Waals surface area contributed by atoms with Crippen LogP contribution in [0.3, 0.4) is 0 Å². The van der Waals surface area contributed by atoms with Crippen molar-refractivity contribution in [2.45, 2.75) is 142 Å². The molecule has 0 aliphatic rings. The fraction of sp³-hybridized carbons (Fsp3) is 0.575. The minimum atomic E-state index is -0.680. The van der Waals surface area contributed by atoms with E-state index in [1.165, 1.54) is 19.3 Å². The molecular formula is C40H65NO3. The number of carbonyl (C=O) groups excluding carboxylic acids is 1. The zero-order valence-corrected chi connectivity index (χ0v) is 28.1. The highest BCUT2D eigenvalue weighted by Gasteiger charge is 2.19. The van der Waals surface area contributed by atoms with E-state index in [1.54, 1.807) is 0 Å². The molecule has 2 atom stereocenters. The Kier molecular flexibility index (Phi) is 32.7. The van der Waals surface area contributed by atoms with E-state index >= 15 is 0 Å². The summed E-state index contributed by atoms with van der Waals surface area (Å²) in [4.78, 5) is 12.2. The van der Waals surface area contributed by atoms with Gasteiger partial charge in [0.1, 0.15) is 0 Å². The Hall–Kier alpha value is -2.69. The lowest BCUT2D eigenvalue weighted by Crippen LogP contribution is -2.45. The molecule has 0 aliphatic heterocycles. The molecule has 0 rings (SSSR count). The van der Waals surface area contributed by atoms with Crippen molar-refractivity contribution in [3.63, 3.8) is 0 Å². The quantitative estimate of drug-likeness (QED) is 0.0585. The second-order valence-corrected chi connectivity index (χ2v) is 11.2. The standard InChI is InChI=1S/C40H65NO3/c1-3-5-7-9-10-11-12-13-14-15-16-17-18-19-20-21-22-23-24-25-26-27-28-29-30-32-34-36-40(44)41-38(37-42)39(43)35-33-31-8-6-4-2/h5,7,10-11,13-14,16-17,19-20,22-23,25-26,28-29,38-39,42-43H,3-4,6,8-9,12,15,18,21,24,27,30-37H2,1-2H3,(H,41,44)/b7-5-,11-10-,14-13-,17-16-,20-19-,23-22-,26-25-,29-28-. The molecule has 44 heavy (non-hydrogen) atoms. The third-order valence-corrected chi connectivity index (χ3v) is 7.11. The van der Waals surface area contributed by atoms with Crippen LogP contribution < -0.4 is 5.32 Å². The van der Waals surface area contributed by atoms with Crippen molar-refractivity contribution < 1.29 is 15.0 Å². The summed E-state index contributed by atoms with van der Waals surface area (Å²) >= 11 is 0. The smallest absolute Gasteiger partial charge is 0.220 e. The normalized spacial score (nSPS) is 14.4. The van der Waals surface area contributed by atoms with E-state index in [-0.39, 0.29) is 12.5 Å². The van der Waals surface area contributed by atoms with Crippen molar-refractivity contribution >= 4 is 5.91 Å². The maximum Gasteiger partial charge on any atom is 0.220 e. The summed E-state index contributed by atoms with van der Waals surface area (Å²) < 4.78 is 0. The first-order chi connectivity index (χ1) is 21.7. The molecule has 0 aromatic heterocycles. The van der Waals surface area contributed by atoms with E-state index in [1.807, 2.05) is 0 Å². The largest absolute Gasteiger partial charge is 0.394 e. The van der Waals surface area contributed by atoms with Gasteiger partial charge in [-0.3, -0.25) is 4.79 Å². The van der Waals surface area contributed by atoms with Gasteiger partial charge in [-0.2, -0.15) is 0 Å². The molecule has 4 nitrogen and oxygen atoms in total. The molecule has 0 saturated heterocycles. The number of aliphatic hydroxyl groups is 2. The molecule has 0 fully saturated rings. The summed E-state index contributed by atoms with van der Waals surface area (Å²) in [7, 11) is 0. The van der Waals surface area contributed by atoms with E-state index in [9.17, 15) is 15.0 Å². The first-order valence-electron chi connectivity index (χ1n) is 17.4. The van der Waals surface area contributed by atoms with Crippen LogP contribution in [0, 0.1) is 0 Å².